The Hall–Kier alpha value is -4.45. The van der Waals surface area contributed by atoms with Crippen molar-refractivity contribution in [1.29, 1.82) is 0 Å². The van der Waals surface area contributed by atoms with Gasteiger partial charge in [0, 0.05) is 19.3 Å². The van der Waals surface area contributed by atoms with E-state index in [0.717, 1.165) is 116 Å². The number of allylic oxidation sites excluding steroid dienone is 22. The molecule has 0 aromatic carbocycles. The van der Waals surface area contributed by atoms with Crippen LogP contribution in [-0.2, 0) is 28.6 Å². The van der Waals surface area contributed by atoms with Crippen LogP contribution in [0.3, 0.4) is 0 Å². The number of carbonyl (C=O) groups is 3. The minimum atomic E-state index is -0.812. The molecule has 0 bridgehead atoms. The maximum atomic E-state index is 12.8. The van der Waals surface area contributed by atoms with Gasteiger partial charge >= 0.3 is 17.9 Å². The van der Waals surface area contributed by atoms with E-state index in [2.05, 4.69) is 93.7 Å². The second-order valence-corrected chi connectivity index (χ2v) is 17.5. The third kappa shape index (κ3) is 52.5. The average molecular weight is 939 g/mol. The SMILES string of the molecule is CC\C=C/C=C\C=C/C=C\C=C\C=C/CCCCCC(=O)OCC(COC(=O)CCCCCCCC/C=C\C/C=C\C/C=C\CC)OC(=O)CCCCCCCCC/C=C\C/C=C\CCCCC. The molecule has 0 amide bonds. The van der Waals surface area contributed by atoms with E-state index in [1.54, 1.807) is 0 Å². The molecule has 6 heteroatoms. The fraction of sp³-hybridized carbons (Fsp3) is 0.597. The van der Waals surface area contributed by atoms with Gasteiger partial charge in [0.05, 0.1) is 0 Å². The standard InChI is InChI=1S/C62H98O6/c1-4-7-10-13-16-19-22-25-28-31-34-37-40-43-46-49-52-55-61(64)67-58-59(57-66-60(63)54-51-48-45-42-39-36-33-30-27-24-21-18-15-12-9-6-3)68-62(65)56-53-50-47-44-41-38-35-32-29-26-23-20-17-14-11-8-5-2/h7,9-10,12-13,16-22,25-31,34,37,40,59H,4-6,8,11,14-15,23-24,32-33,35-36,38-39,41-58H2,1-3H3/b10-7-,12-9-,16-13-,20-17-,21-18-,22-19-,28-25-,29-26-,30-27-,34-31+,40-37-. The minimum absolute atomic E-state index is 0.108. The van der Waals surface area contributed by atoms with Gasteiger partial charge in [-0.2, -0.15) is 0 Å². The topological polar surface area (TPSA) is 78.9 Å². The van der Waals surface area contributed by atoms with Crippen molar-refractivity contribution < 1.29 is 28.6 Å². The summed E-state index contributed by atoms with van der Waals surface area (Å²) in [7, 11) is 0. The summed E-state index contributed by atoms with van der Waals surface area (Å²) in [6, 6.07) is 0. The molecule has 0 N–H and O–H groups in total. The third-order valence-corrected chi connectivity index (χ3v) is 11.0. The zero-order chi connectivity index (χ0) is 49.3. The minimum Gasteiger partial charge on any atom is -0.462 e. The number of carbonyl (C=O) groups excluding carboxylic acids is 3. The Morgan fingerprint density at radius 3 is 1.09 bits per heavy atom. The van der Waals surface area contributed by atoms with E-state index >= 15 is 0 Å². The van der Waals surface area contributed by atoms with Crippen LogP contribution in [0.25, 0.3) is 0 Å². The Labute approximate surface area is 417 Å². The van der Waals surface area contributed by atoms with Crippen LogP contribution in [0, 0.1) is 0 Å². The summed E-state index contributed by atoms with van der Waals surface area (Å²) in [5.74, 6) is -0.978. The first kappa shape index (κ1) is 63.5. The van der Waals surface area contributed by atoms with Crippen LogP contribution in [0.15, 0.2) is 134 Å². The van der Waals surface area contributed by atoms with Crippen molar-refractivity contribution in [3.63, 3.8) is 0 Å². The second-order valence-electron chi connectivity index (χ2n) is 17.5. The Morgan fingerprint density at radius 1 is 0.324 bits per heavy atom. The van der Waals surface area contributed by atoms with Crippen molar-refractivity contribution in [2.75, 3.05) is 13.2 Å². The van der Waals surface area contributed by atoms with E-state index in [-0.39, 0.29) is 31.1 Å². The molecule has 1 atom stereocenters. The van der Waals surface area contributed by atoms with Crippen LogP contribution in [0.5, 0.6) is 0 Å². The highest BCUT2D eigenvalue weighted by Crippen LogP contribution is 2.14. The van der Waals surface area contributed by atoms with E-state index in [4.69, 9.17) is 14.2 Å². The first-order chi connectivity index (χ1) is 33.5. The van der Waals surface area contributed by atoms with Gasteiger partial charge in [0.15, 0.2) is 6.10 Å². The summed E-state index contributed by atoms with van der Waals surface area (Å²) in [6.07, 6.45) is 77.1. The largest absolute Gasteiger partial charge is 0.462 e. The molecule has 0 saturated heterocycles. The highest BCUT2D eigenvalue weighted by atomic mass is 16.6. The van der Waals surface area contributed by atoms with Crippen molar-refractivity contribution in [3.05, 3.63) is 134 Å². The molecule has 0 heterocycles. The molecule has 382 valence electrons. The molecule has 0 aliphatic rings. The number of hydrogen-bond acceptors (Lipinski definition) is 6. The van der Waals surface area contributed by atoms with Gasteiger partial charge in [-0.15, -0.1) is 0 Å². The molecule has 0 aliphatic carbocycles. The molecule has 6 nitrogen and oxygen atoms in total. The second kappa shape index (κ2) is 55.1. The van der Waals surface area contributed by atoms with E-state index in [1.807, 2.05) is 60.8 Å². The number of hydrogen-bond donors (Lipinski definition) is 0. The van der Waals surface area contributed by atoms with E-state index in [1.165, 1.54) is 64.2 Å². The van der Waals surface area contributed by atoms with Crippen LogP contribution < -0.4 is 0 Å². The van der Waals surface area contributed by atoms with Crippen molar-refractivity contribution in [3.8, 4) is 0 Å². The van der Waals surface area contributed by atoms with Gasteiger partial charge in [0.1, 0.15) is 13.2 Å². The zero-order valence-corrected chi connectivity index (χ0v) is 43.6. The maximum absolute atomic E-state index is 12.8. The van der Waals surface area contributed by atoms with Crippen LogP contribution in [0.1, 0.15) is 220 Å². The Morgan fingerprint density at radius 2 is 0.647 bits per heavy atom. The van der Waals surface area contributed by atoms with E-state index in [0.29, 0.717) is 19.3 Å². The predicted molar refractivity (Wildman–Crippen MR) is 292 cm³/mol. The molecule has 0 rings (SSSR count). The van der Waals surface area contributed by atoms with Crippen LogP contribution in [-0.4, -0.2) is 37.2 Å². The molecule has 1 unspecified atom stereocenters. The van der Waals surface area contributed by atoms with Gasteiger partial charge in [-0.3, -0.25) is 14.4 Å². The molecule has 0 aliphatic heterocycles. The fourth-order valence-electron chi connectivity index (χ4n) is 6.99. The van der Waals surface area contributed by atoms with E-state index in [9.17, 15) is 14.4 Å². The summed E-state index contributed by atoms with van der Waals surface area (Å²) in [5.41, 5.74) is 0. The molecule has 68 heavy (non-hydrogen) atoms. The van der Waals surface area contributed by atoms with Gasteiger partial charge in [0.2, 0.25) is 0 Å². The molecule has 0 aromatic rings. The normalized spacial score (nSPS) is 13.2. The zero-order valence-electron chi connectivity index (χ0n) is 43.6. The highest BCUT2D eigenvalue weighted by molar-refractivity contribution is 5.71. The Balaban J connectivity index is 4.54. The van der Waals surface area contributed by atoms with Gasteiger partial charge in [-0.1, -0.05) is 231 Å². The lowest BCUT2D eigenvalue weighted by Gasteiger charge is -2.18. The van der Waals surface area contributed by atoms with Crippen LogP contribution in [0.4, 0.5) is 0 Å². The third-order valence-electron chi connectivity index (χ3n) is 11.0. The average Bonchev–Trinajstić information content (AvgIpc) is 3.34. The van der Waals surface area contributed by atoms with Crippen LogP contribution >= 0.6 is 0 Å². The maximum Gasteiger partial charge on any atom is 0.306 e. The number of esters is 3. The number of rotatable bonds is 47. The van der Waals surface area contributed by atoms with Crippen molar-refractivity contribution in [1.82, 2.24) is 0 Å². The van der Waals surface area contributed by atoms with Crippen LogP contribution in [0.2, 0.25) is 0 Å². The highest BCUT2D eigenvalue weighted by Gasteiger charge is 2.19. The first-order valence-electron chi connectivity index (χ1n) is 27.3. The van der Waals surface area contributed by atoms with Gasteiger partial charge in [-0.25, -0.2) is 0 Å². The molecule has 0 saturated carbocycles. The molecular formula is C62H98O6. The quantitative estimate of drug-likeness (QED) is 0.0199. The lowest BCUT2D eigenvalue weighted by molar-refractivity contribution is -0.167. The summed E-state index contributed by atoms with van der Waals surface area (Å²) < 4.78 is 16.8. The summed E-state index contributed by atoms with van der Waals surface area (Å²) in [6.45, 7) is 6.29. The van der Waals surface area contributed by atoms with E-state index < -0.39 is 6.10 Å². The van der Waals surface area contributed by atoms with Gasteiger partial charge in [-0.05, 0) is 103 Å². The molecule has 0 fully saturated rings. The molecular weight excluding hydrogens is 841 g/mol. The number of ether oxygens (including phenoxy) is 3. The summed E-state index contributed by atoms with van der Waals surface area (Å²) in [5, 5.41) is 0. The number of unbranched alkanes of at least 4 members (excludes halogenated alkanes) is 19. The smallest absolute Gasteiger partial charge is 0.306 e. The Kier molecular flexibility index (Phi) is 51.5. The Bertz CT molecular complexity index is 1500. The fourth-order valence-corrected chi connectivity index (χ4v) is 6.99. The first-order valence-corrected chi connectivity index (χ1v) is 27.3. The monoisotopic (exact) mass is 939 g/mol. The molecule has 0 radical (unpaired) electrons. The van der Waals surface area contributed by atoms with Crippen molar-refractivity contribution >= 4 is 17.9 Å². The van der Waals surface area contributed by atoms with Crippen molar-refractivity contribution in [2.45, 2.75) is 226 Å². The van der Waals surface area contributed by atoms with Gasteiger partial charge in [0.25, 0.3) is 0 Å². The lowest BCUT2D eigenvalue weighted by Crippen LogP contribution is -2.30. The molecule has 0 spiro atoms. The summed E-state index contributed by atoms with van der Waals surface area (Å²) in [4.78, 5) is 38.1. The molecule has 0 aromatic heterocycles. The van der Waals surface area contributed by atoms with Crippen molar-refractivity contribution in [2.24, 2.45) is 0 Å². The summed E-state index contributed by atoms with van der Waals surface area (Å²) >= 11 is 0. The lowest BCUT2D eigenvalue weighted by atomic mass is 10.1. The van der Waals surface area contributed by atoms with Gasteiger partial charge < -0.3 is 14.2 Å². The predicted octanol–water partition coefficient (Wildman–Crippen LogP) is 18.3.